The highest BCUT2D eigenvalue weighted by atomic mass is 16.4. The van der Waals surface area contributed by atoms with E-state index >= 15 is 0 Å². The first-order valence-electron chi connectivity index (χ1n) is 3.04. The van der Waals surface area contributed by atoms with Gasteiger partial charge in [-0.15, -0.1) is 0 Å². The molecule has 11 heavy (non-hydrogen) atoms. The summed E-state index contributed by atoms with van der Waals surface area (Å²) >= 11 is 0. The molecule has 3 N–H and O–H groups in total. The molecule has 0 heterocycles. The Kier molecular flexibility index (Phi) is 3.00. The van der Waals surface area contributed by atoms with Gasteiger partial charge in [0.2, 0.25) is 6.41 Å². The molecule has 0 fully saturated rings. The van der Waals surface area contributed by atoms with Crippen LogP contribution in [0.15, 0.2) is 0 Å². The van der Waals surface area contributed by atoms with Gasteiger partial charge in [0.15, 0.2) is 6.04 Å². The van der Waals surface area contributed by atoms with E-state index in [1.165, 1.54) is 13.8 Å². The van der Waals surface area contributed by atoms with Crippen molar-refractivity contribution in [3.8, 4) is 0 Å². The van der Waals surface area contributed by atoms with Crippen LogP contribution in [0.4, 0.5) is 0 Å². The molecular formula is C6H11NO4. The second-order valence-electron chi connectivity index (χ2n) is 2.71. The Balaban J connectivity index is 4.34. The van der Waals surface area contributed by atoms with Crippen LogP contribution in [-0.4, -0.2) is 34.2 Å². The minimum absolute atomic E-state index is 0.247. The monoisotopic (exact) mass is 161 g/mol. The van der Waals surface area contributed by atoms with Crippen molar-refractivity contribution in [2.24, 2.45) is 0 Å². The molecule has 0 radical (unpaired) electrons. The maximum Gasteiger partial charge on any atom is 0.329 e. The van der Waals surface area contributed by atoms with Gasteiger partial charge in [-0.25, -0.2) is 4.79 Å². The molecule has 0 aliphatic rings. The number of hydrogen-bond acceptors (Lipinski definition) is 3. The second-order valence-corrected chi connectivity index (χ2v) is 2.71. The number of nitrogens with one attached hydrogen (secondary N) is 1. The van der Waals surface area contributed by atoms with Crippen LogP contribution < -0.4 is 5.32 Å². The smallest absolute Gasteiger partial charge is 0.329 e. The van der Waals surface area contributed by atoms with E-state index in [0.717, 1.165) is 0 Å². The fourth-order valence-electron chi connectivity index (χ4n) is 0.645. The molecule has 5 heteroatoms. The van der Waals surface area contributed by atoms with Crippen molar-refractivity contribution in [2.75, 3.05) is 0 Å². The van der Waals surface area contributed by atoms with Crippen molar-refractivity contribution in [1.82, 2.24) is 5.32 Å². The molecule has 1 unspecified atom stereocenters. The van der Waals surface area contributed by atoms with Crippen LogP contribution in [0.3, 0.4) is 0 Å². The normalized spacial score (nSPS) is 13.7. The van der Waals surface area contributed by atoms with Crippen LogP contribution in [0.25, 0.3) is 0 Å². The first-order valence-corrected chi connectivity index (χ1v) is 3.04. The average molecular weight is 161 g/mol. The number of amides is 1. The Morgan fingerprint density at radius 1 is 1.64 bits per heavy atom. The van der Waals surface area contributed by atoms with E-state index in [-0.39, 0.29) is 6.41 Å². The standard InChI is InChI=1S/C6H11NO4/c1-6(2,11)4(5(9)10)7-3-8/h3-4,11H,1-2H3,(H,7,8)(H,9,10). The van der Waals surface area contributed by atoms with Gasteiger partial charge in [-0.3, -0.25) is 4.79 Å². The van der Waals surface area contributed by atoms with Crippen LogP contribution in [0.5, 0.6) is 0 Å². The number of carbonyl (C=O) groups is 2. The lowest BCUT2D eigenvalue weighted by Gasteiger charge is -2.24. The van der Waals surface area contributed by atoms with Gasteiger partial charge in [-0.1, -0.05) is 0 Å². The quantitative estimate of drug-likeness (QED) is 0.459. The molecule has 0 aliphatic heterocycles. The molecule has 1 amide bonds. The molecule has 0 aromatic carbocycles. The summed E-state index contributed by atoms with van der Waals surface area (Å²) in [4.78, 5) is 20.2. The first kappa shape index (κ1) is 9.90. The molecule has 0 bridgehead atoms. The summed E-state index contributed by atoms with van der Waals surface area (Å²) in [5.41, 5.74) is -1.45. The fourth-order valence-corrected chi connectivity index (χ4v) is 0.645. The van der Waals surface area contributed by atoms with Crippen molar-refractivity contribution >= 4 is 12.4 Å². The fraction of sp³-hybridized carbons (Fsp3) is 0.667. The van der Waals surface area contributed by atoms with Crippen molar-refractivity contribution in [1.29, 1.82) is 0 Å². The van der Waals surface area contributed by atoms with E-state index < -0.39 is 17.6 Å². The maximum atomic E-state index is 10.4. The van der Waals surface area contributed by atoms with Gasteiger partial charge in [-0.2, -0.15) is 0 Å². The van der Waals surface area contributed by atoms with Crippen molar-refractivity contribution < 1.29 is 19.8 Å². The largest absolute Gasteiger partial charge is 0.480 e. The average Bonchev–Trinajstić information content (AvgIpc) is 1.79. The van der Waals surface area contributed by atoms with Crippen molar-refractivity contribution in [2.45, 2.75) is 25.5 Å². The maximum absolute atomic E-state index is 10.4. The number of carboxylic acids is 1. The lowest BCUT2D eigenvalue weighted by Crippen LogP contribution is -2.51. The molecule has 5 nitrogen and oxygen atoms in total. The van der Waals surface area contributed by atoms with Gasteiger partial charge in [0.05, 0.1) is 5.60 Å². The molecule has 0 aromatic heterocycles. The van der Waals surface area contributed by atoms with Gasteiger partial charge in [0.25, 0.3) is 0 Å². The van der Waals surface area contributed by atoms with Gasteiger partial charge in [0.1, 0.15) is 0 Å². The number of rotatable bonds is 4. The predicted molar refractivity (Wildman–Crippen MR) is 36.9 cm³/mol. The number of carbonyl (C=O) groups excluding carboxylic acids is 1. The Morgan fingerprint density at radius 2 is 2.09 bits per heavy atom. The predicted octanol–water partition coefficient (Wildman–Crippen LogP) is -1.04. The lowest BCUT2D eigenvalue weighted by molar-refractivity contribution is -0.146. The van der Waals surface area contributed by atoms with Gasteiger partial charge in [-0.05, 0) is 13.8 Å². The minimum Gasteiger partial charge on any atom is -0.480 e. The number of aliphatic hydroxyl groups is 1. The molecule has 1 atom stereocenters. The Labute approximate surface area is 64.0 Å². The summed E-state index contributed by atoms with van der Waals surface area (Å²) in [7, 11) is 0. The van der Waals surface area contributed by atoms with E-state index in [0.29, 0.717) is 0 Å². The topological polar surface area (TPSA) is 86.6 Å². The zero-order valence-electron chi connectivity index (χ0n) is 6.37. The summed E-state index contributed by atoms with van der Waals surface area (Å²) < 4.78 is 0. The molecule has 0 rings (SSSR count). The molecule has 64 valence electrons. The van der Waals surface area contributed by atoms with E-state index in [1.54, 1.807) is 0 Å². The van der Waals surface area contributed by atoms with Crippen LogP contribution in [0.1, 0.15) is 13.8 Å². The van der Waals surface area contributed by atoms with Crippen molar-refractivity contribution in [3.05, 3.63) is 0 Å². The molecular weight excluding hydrogens is 150 g/mol. The van der Waals surface area contributed by atoms with Gasteiger partial charge >= 0.3 is 5.97 Å². The van der Waals surface area contributed by atoms with Crippen molar-refractivity contribution in [3.63, 3.8) is 0 Å². The minimum atomic E-state index is -1.45. The summed E-state index contributed by atoms with van der Waals surface area (Å²) in [6, 6.07) is -1.26. The number of carboxylic acid groups (broad SMARTS) is 1. The third-order valence-corrected chi connectivity index (χ3v) is 1.19. The Morgan fingerprint density at radius 3 is 2.18 bits per heavy atom. The SMILES string of the molecule is CC(C)(O)C(NC=O)C(=O)O. The first-order chi connectivity index (χ1) is 4.89. The summed E-state index contributed by atoms with van der Waals surface area (Å²) in [5, 5.41) is 19.6. The van der Waals surface area contributed by atoms with Gasteiger partial charge < -0.3 is 15.5 Å². The van der Waals surface area contributed by atoms with Gasteiger partial charge in [0, 0.05) is 0 Å². The van der Waals surface area contributed by atoms with E-state index in [2.05, 4.69) is 0 Å². The summed E-state index contributed by atoms with van der Waals surface area (Å²) in [5.74, 6) is -1.26. The molecule has 0 aromatic rings. The molecule has 0 aliphatic carbocycles. The zero-order valence-corrected chi connectivity index (χ0v) is 6.37. The number of hydrogen-bond donors (Lipinski definition) is 3. The number of aliphatic carboxylic acids is 1. The Bertz CT molecular complexity index is 160. The van der Waals surface area contributed by atoms with Crippen LogP contribution in [0.2, 0.25) is 0 Å². The Hall–Kier alpha value is -1.10. The molecule has 0 spiro atoms. The van der Waals surface area contributed by atoms with Crippen LogP contribution in [-0.2, 0) is 9.59 Å². The zero-order chi connectivity index (χ0) is 9.07. The summed E-state index contributed by atoms with van der Waals surface area (Å²) in [6.45, 7) is 2.62. The third-order valence-electron chi connectivity index (χ3n) is 1.19. The van der Waals surface area contributed by atoms with Crippen LogP contribution >= 0.6 is 0 Å². The highest BCUT2D eigenvalue weighted by molar-refractivity contribution is 5.77. The van der Waals surface area contributed by atoms with E-state index in [4.69, 9.17) is 5.11 Å². The van der Waals surface area contributed by atoms with E-state index in [1.807, 2.05) is 5.32 Å². The molecule has 0 saturated carbocycles. The van der Waals surface area contributed by atoms with E-state index in [9.17, 15) is 14.7 Å². The highest BCUT2D eigenvalue weighted by Crippen LogP contribution is 2.07. The molecule has 0 saturated heterocycles. The lowest BCUT2D eigenvalue weighted by atomic mass is 10.00. The van der Waals surface area contributed by atoms with Crippen LogP contribution in [0, 0.1) is 0 Å². The summed E-state index contributed by atoms with van der Waals surface area (Å²) in [6.07, 6.45) is 0.247. The highest BCUT2D eigenvalue weighted by Gasteiger charge is 2.32. The second kappa shape index (κ2) is 3.34. The third kappa shape index (κ3) is 2.99.